The zero-order valence-electron chi connectivity index (χ0n) is 11.7. The quantitative estimate of drug-likeness (QED) is 0.774. The zero-order valence-corrected chi connectivity index (χ0v) is 13.2. The third-order valence-corrected chi connectivity index (χ3v) is 4.96. The van der Waals surface area contributed by atoms with E-state index in [1.54, 1.807) is 6.07 Å². The lowest BCUT2D eigenvalue weighted by molar-refractivity contribution is -0.139. The molecular weight excluding hydrogens is 312 g/mol. The van der Waals surface area contributed by atoms with Crippen LogP contribution in [0.3, 0.4) is 0 Å². The molecular formula is C14H19ClN2O3S. The van der Waals surface area contributed by atoms with Crippen LogP contribution in [0, 0.1) is 0 Å². The van der Waals surface area contributed by atoms with Crippen LogP contribution >= 0.6 is 22.9 Å². The van der Waals surface area contributed by atoms with E-state index >= 15 is 0 Å². The second-order valence-corrected chi connectivity index (χ2v) is 7.22. The number of rotatable bonds is 5. The predicted octanol–water partition coefficient (Wildman–Crippen LogP) is 3.38. The standard InChI is InChI=1S/C14H19ClN2O3S/c15-11-5-4-10(21-11)9-16-13(20)17-14(8-12(18)19)6-2-1-3-7-14/h4-5H,1-3,6-9H2,(H,18,19)(H2,16,17,20). The number of carbonyl (C=O) groups is 2. The van der Waals surface area contributed by atoms with E-state index in [0.29, 0.717) is 10.9 Å². The van der Waals surface area contributed by atoms with Crippen LogP contribution < -0.4 is 10.6 Å². The minimum Gasteiger partial charge on any atom is -0.481 e. The number of halogens is 1. The normalized spacial score (nSPS) is 17.2. The van der Waals surface area contributed by atoms with E-state index < -0.39 is 11.5 Å². The molecule has 0 atom stereocenters. The summed E-state index contributed by atoms with van der Waals surface area (Å²) in [7, 11) is 0. The second kappa shape index (κ2) is 7.13. The minimum atomic E-state index is -0.873. The van der Waals surface area contributed by atoms with Gasteiger partial charge in [-0.15, -0.1) is 11.3 Å². The first-order chi connectivity index (χ1) is 9.99. The molecule has 0 bridgehead atoms. The van der Waals surface area contributed by atoms with E-state index in [0.717, 1.165) is 37.0 Å². The summed E-state index contributed by atoms with van der Waals surface area (Å²) in [5.74, 6) is -0.873. The van der Waals surface area contributed by atoms with E-state index in [-0.39, 0.29) is 12.5 Å². The molecule has 1 heterocycles. The summed E-state index contributed by atoms with van der Waals surface area (Å²) in [6, 6.07) is 3.33. The van der Waals surface area contributed by atoms with Gasteiger partial charge in [-0.3, -0.25) is 4.79 Å². The zero-order chi connectivity index (χ0) is 15.3. The molecule has 1 saturated carbocycles. The van der Waals surface area contributed by atoms with Gasteiger partial charge >= 0.3 is 12.0 Å². The highest BCUT2D eigenvalue weighted by molar-refractivity contribution is 7.16. The van der Waals surface area contributed by atoms with Crippen molar-refractivity contribution in [2.45, 2.75) is 50.6 Å². The van der Waals surface area contributed by atoms with Crippen molar-refractivity contribution in [2.24, 2.45) is 0 Å². The Morgan fingerprint density at radius 2 is 2.00 bits per heavy atom. The van der Waals surface area contributed by atoms with Crippen molar-refractivity contribution < 1.29 is 14.7 Å². The van der Waals surface area contributed by atoms with Gasteiger partial charge in [-0.05, 0) is 25.0 Å². The molecule has 1 aliphatic rings. The number of carbonyl (C=O) groups excluding carboxylic acids is 1. The van der Waals surface area contributed by atoms with Crippen molar-refractivity contribution in [2.75, 3.05) is 0 Å². The Hall–Kier alpha value is -1.27. The van der Waals surface area contributed by atoms with Gasteiger partial charge in [0.25, 0.3) is 0 Å². The summed E-state index contributed by atoms with van der Waals surface area (Å²) in [6.07, 6.45) is 4.42. The number of amides is 2. The van der Waals surface area contributed by atoms with Crippen molar-refractivity contribution in [1.29, 1.82) is 0 Å². The fourth-order valence-corrected chi connectivity index (χ4v) is 3.79. The largest absolute Gasteiger partial charge is 0.481 e. The average Bonchev–Trinajstić information content (AvgIpc) is 2.82. The summed E-state index contributed by atoms with van der Waals surface area (Å²) >= 11 is 7.25. The van der Waals surface area contributed by atoms with E-state index in [1.165, 1.54) is 11.3 Å². The molecule has 21 heavy (non-hydrogen) atoms. The van der Waals surface area contributed by atoms with E-state index in [9.17, 15) is 9.59 Å². The van der Waals surface area contributed by atoms with Gasteiger partial charge < -0.3 is 15.7 Å². The molecule has 5 nitrogen and oxygen atoms in total. The highest BCUT2D eigenvalue weighted by Gasteiger charge is 2.35. The van der Waals surface area contributed by atoms with Gasteiger partial charge in [0.05, 0.1) is 22.8 Å². The SMILES string of the molecule is O=C(O)CC1(NC(=O)NCc2ccc(Cl)s2)CCCCC1. The van der Waals surface area contributed by atoms with E-state index in [2.05, 4.69) is 10.6 Å². The van der Waals surface area contributed by atoms with Gasteiger partial charge in [0.1, 0.15) is 0 Å². The average molecular weight is 331 g/mol. The maximum Gasteiger partial charge on any atom is 0.315 e. The third kappa shape index (κ3) is 4.89. The van der Waals surface area contributed by atoms with Crippen molar-refractivity contribution in [3.8, 4) is 0 Å². The number of carboxylic acids is 1. The van der Waals surface area contributed by atoms with Crippen LogP contribution in [0.4, 0.5) is 4.79 Å². The maximum absolute atomic E-state index is 12.0. The first-order valence-corrected chi connectivity index (χ1v) is 8.21. The number of aliphatic carboxylic acids is 1. The molecule has 0 spiro atoms. The molecule has 7 heteroatoms. The predicted molar refractivity (Wildman–Crippen MR) is 82.8 cm³/mol. The van der Waals surface area contributed by atoms with Crippen LogP contribution in [0.1, 0.15) is 43.4 Å². The molecule has 0 saturated heterocycles. The number of hydrogen-bond donors (Lipinski definition) is 3. The van der Waals surface area contributed by atoms with Crippen LogP contribution in [0.25, 0.3) is 0 Å². The number of thiophene rings is 1. The highest BCUT2D eigenvalue weighted by atomic mass is 35.5. The Labute approximate surface area is 132 Å². The summed E-state index contributed by atoms with van der Waals surface area (Å²) < 4.78 is 0.682. The Balaban J connectivity index is 1.89. The van der Waals surface area contributed by atoms with Crippen LogP contribution in [0.5, 0.6) is 0 Å². The molecule has 0 aliphatic heterocycles. The van der Waals surface area contributed by atoms with Gasteiger partial charge in [-0.2, -0.15) is 0 Å². The summed E-state index contributed by atoms with van der Waals surface area (Å²) in [5, 5.41) is 14.7. The third-order valence-electron chi connectivity index (χ3n) is 3.73. The van der Waals surface area contributed by atoms with Crippen LogP contribution in [0.15, 0.2) is 12.1 Å². The van der Waals surface area contributed by atoms with Crippen molar-refractivity contribution in [1.82, 2.24) is 10.6 Å². The minimum absolute atomic E-state index is 0.0226. The first-order valence-electron chi connectivity index (χ1n) is 7.01. The summed E-state index contributed by atoms with van der Waals surface area (Å²) in [5.41, 5.74) is -0.610. The van der Waals surface area contributed by atoms with Gasteiger partial charge in [-0.1, -0.05) is 30.9 Å². The second-order valence-electron chi connectivity index (χ2n) is 5.43. The van der Waals surface area contributed by atoms with E-state index in [1.807, 2.05) is 6.07 Å². The Bertz CT molecular complexity index is 512. The first kappa shape index (κ1) is 16.1. The molecule has 1 aromatic rings. The molecule has 0 aromatic carbocycles. The molecule has 1 aliphatic carbocycles. The molecule has 116 valence electrons. The number of nitrogens with one attached hydrogen (secondary N) is 2. The monoisotopic (exact) mass is 330 g/mol. The fraction of sp³-hybridized carbons (Fsp3) is 0.571. The van der Waals surface area contributed by atoms with Crippen molar-refractivity contribution >= 4 is 34.9 Å². The molecule has 3 N–H and O–H groups in total. The molecule has 0 unspecified atom stereocenters. The van der Waals surface area contributed by atoms with Crippen LogP contribution in [-0.2, 0) is 11.3 Å². The molecule has 2 rings (SSSR count). The number of carboxylic acid groups (broad SMARTS) is 1. The molecule has 0 radical (unpaired) electrons. The Morgan fingerprint density at radius 1 is 1.29 bits per heavy atom. The van der Waals surface area contributed by atoms with Gasteiger partial charge in [0.15, 0.2) is 0 Å². The van der Waals surface area contributed by atoms with E-state index in [4.69, 9.17) is 16.7 Å². The lowest BCUT2D eigenvalue weighted by Gasteiger charge is -2.36. The molecule has 1 fully saturated rings. The topological polar surface area (TPSA) is 78.4 Å². The summed E-state index contributed by atoms with van der Waals surface area (Å²) in [6.45, 7) is 0.395. The fourth-order valence-electron chi connectivity index (χ4n) is 2.76. The Morgan fingerprint density at radius 3 is 2.57 bits per heavy atom. The van der Waals surface area contributed by atoms with Crippen LogP contribution in [0.2, 0.25) is 4.34 Å². The lowest BCUT2D eigenvalue weighted by Crippen LogP contribution is -2.54. The van der Waals surface area contributed by atoms with Gasteiger partial charge in [0.2, 0.25) is 0 Å². The van der Waals surface area contributed by atoms with Crippen LogP contribution in [-0.4, -0.2) is 22.6 Å². The van der Waals surface area contributed by atoms with Crippen molar-refractivity contribution in [3.05, 3.63) is 21.3 Å². The summed E-state index contributed by atoms with van der Waals surface area (Å²) in [4.78, 5) is 24.1. The van der Waals surface area contributed by atoms with Gasteiger partial charge in [-0.25, -0.2) is 4.79 Å². The Kier molecular flexibility index (Phi) is 5.47. The maximum atomic E-state index is 12.0. The molecule has 1 aromatic heterocycles. The van der Waals surface area contributed by atoms with Gasteiger partial charge in [0, 0.05) is 4.88 Å². The smallest absolute Gasteiger partial charge is 0.315 e. The molecule has 2 amide bonds. The highest BCUT2D eigenvalue weighted by Crippen LogP contribution is 2.31. The van der Waals surface area contributed by atoms with Crippen molar-refractivity contribution in [3.63, 3.8) is 0 Å². The lowest BCUT2D eigenvalue weighted by atomic mass is 9.79. The number of hydrogen-bond acceptors (Lipinski definition) is 3. The number of urea groups is 1.